The SMILES string of the molecule is COc1ccc(Sc2ccc(C(=O)C(Cl)(Cl)Cl)[nH]2)cc1. The number of aromatic nitrogens is 1. The predicted octanol–water partition coefficient (Wildman–Crippen LogP) is 4.73. The molecule has 0 unspecified atom stereocenters. The fourth-order valence-corrected chi connectivity index (χ4v) is 2.62. The zero-order chi connectivity index (χ0) is 14.8. The minimum absolute atomic E-state index is 0.265. The molecule has 2 rings (SSSR count). The molecule has 20 heavy (non-hydrogen) atoms. The molecule has 0 bridgehead atoms. The number of hydrogen-bond acceptors (Lipinski definition) is 3. The summed E-state index contributed by atoms with van der Waals surface area (Å²) in [6.07, 6.45) is 0. The van der Waals surface area contributed by atoms with Crippen LogP contribution in [-0.2, 0) is 0 Å². The highest BCUT2D eigenvalue weighted by Gasteiger charge is 2.32. The molecule has 0 aliphatic heterocycles. The molecule has 1 heterocycles. The Kier molecular flexibility index (Phi) is 4.91. The van der Waals surface area contributed by atoms with Crippen LogP contribution in [0.5, 0.6) is 5.75 Å². The number of aromatic amines is 1. The summed E-state index contributed by atoms with van der Waals surface area (Å²) in [5, 5.41) is 0.785. The van der Waals surface area contributed by atoms with Crippen molar-refractivity contribution in [3.05, 3.63) is 42.1 Å². The van der Waals surface area contributed by atoms with Gasteiger partial charge < -0.3 is 9.72 Å². The minimum Gasteiger partial charge on any atom is -0.497 e. The van der Waals surface area contributed by atoms with Gasteiger partial charge >= 0.3 is 0 Å². The number of benzene rings is 1. The molecule has 0 spiro atoms. The van der Waals surface area contributed by atoms with Crippen LogP contribution in [0, 0.1) is 0 Å². The molecule has 0 radical (unpaired) electrons. The lowest BCUT2D eigenvalue weighted by molar-refractivity contribution is 0.0992. The second-order valence-corrected chi connectivity index (χ2v) is 7.24. The first kappa shape index (κ1) is 15.6. The molecular formula is C13H10Cl3NO2S. The second kappa shape index (κ2) is 6.31. The van der Waals surface area contributed by atoms with Crippen molar-refractivity contribution in [3.63, 3.8) is 0 Å². The van der Waals surface area contributed by atoms with E-state index in [2.05, 4.69) is 4.98 Å². The highest BCUT2D eigenvalue weighted by molar-refractivity contribution is 7.99. The van der Waals surface area contributed by atoms with Gasteiger partial charge in [0.05, 0.1) is 17.8 Å². The number of Topliss-reactive ketones (excluding diaryl/α,β-unsaturated/α-hetero) is 1. The lowest BCUT2D eigenvalue weighted by Gasteiger charge is -2.07. The van der Waals surface area contributed by atoms with E-state index in [1.54, 1.807) is 19.2 Å². The summed E-state index contributed by atoms with van der Waals surface area (Å²) < 4.78 is 3.14. The van der Waals surface area contributed by atoms with Crippen molar-refractivity contribution >= 4 is 52.3 Å². The van der Waals surface area contributed by atoms with Crippen LogP contribution in [0.4, 0.5) is 0 Å². The molecule has 0 amide bonds. The van der Waals surface area contributed by atoms with Gasteiger partial charge in [-0.1, -0.05) is 46.6 Å². The molecule has 3 nitrogen and oxygen atoms in total. The molecule has 7 heteroatoms. The number of methoxy groups -OCH3 is 1. The van der Waals surface area contributed by atoms with Crippen LogP contribution in [-0.4, -0.2) is 21.7 Å². The zero-order valence-electron chi connectivity index (χ0n) is 10.3. The molecule has 0 atom stereocenters. The van der Waals surface area contributed by atoms with Gasteiger partial charge in [0.25, 0.3) is 3.79 Å². The third-order valence-electron chi connectivity index (χ3n) is 2.45. The van der Waals surface area contributed by atoms with E-state index in [0.29, 0.717) is 0 Å². The molecule has 0 saturated carbocycles. The number of H-pyrrole nitrogens is 1. The molecule has 1 N–H and O–H groups in total. The maximum absolute atomic E-state index is 11.8. The lowest BCUT2D eigenvalue weighted by Crippen LogP contribution is -2.19. The predicted molar refractivity (Wildman–Crippen MR) is 82.5 cm³/mol. The maximum atomic E-state index is 11.8. The highest BCUT2D eigenvalue weighted by atomic mass is 35.6. The van der Waals surface area contributed by atoms with Crippen LogP contribution in [0.2, 0.25) is 0 Å². The number of halogens is 3. The first-order valence-electron chi connectivity index (χ1n) is 5.52. The summed E-state index contributed by atoms with van der Waals surface area (Å²) in [7, 11) is 1.61. The van der Waals surface area contributed by atoms with Crippen LogP contribution >= 0.6 is 46.6 Å². The van der Waals surface area contributed by atoms with Crippen molar-refractivity contribution in [1.29, 1.82) is 0 Å². The Bertz CT molecular complexity index is 605. The largest absolute Gasteiger partial charge is 0.497 e. The monoisotopic (exact) mass is 349 g/mol. The van der Waals surface area contributed by atoms with Crippen molar-refractivity contribution in [3.8, 4) is 5.75 Å². The van der Waals surface area contributed by atoms with Gasteiger partial charge in [0.1, 0.15) is 5.75 Å². The van der Waals surface area contributed by atoms with E-state index in [1.165, 1.54) is 11.8 Å². The summed E-state index contributed by atoms with van der Waals surface area (Å²) in [6.45, 7) is 0. The van der Waals surface area contributed by atoms with Crippen LogP contribution in [0.15, 0.2) is 46.3 Å². The summed E-state index contributed by atoms with van der Waals surface area (Å²) in [4.78, 5) is 15.7. The Morgan fingerprint density at radius 3 is 2.35 bits per heavy atom. The van der Waals surface area contributed by atoms with Crippen LogP contribution in [0.1, 0.15) is 10.5 Å². The molecule has 0 aliphatic rings. The zero-order valence-corrected chi connectivity index (χ0v) is 13.4. The first-order chi connectivity index (χ1) is 9.40. The average molecular weight is 351 g/mol. The van der Waals surface area contributed by atoms with E-state index in [4.69, 9.17) is 39.5 Å². The molecule has 0 aliphatic carbocycles. The number of rotatable bonds is 4. The van der Waals surface area contributed by atoms with E-state index in [0.717, 1.165) is 15.7 Å². The number of alkyl halides is 3. The maximum Gasteiger partial charge on any atom is 0.254 e. The summed E-state index contributed by atoms with van der Waals surface area (Å²) in [5.41, 5.74) is 0.265. The smallest absolute Gasteiger partial charge is 0.254 e. The van der Waals surface area contributed by atoms with Gasteiger partial charge in [0, 0.05) is 4.90 Å². The fraction of sp³-hybridized carbons (Fsp3) is 0.154. The van der Waals surface area contributed by atoms with Gasteiger partial charge in [0.2, 0.25) is 5.78 Å². The van der Waals surface area contributed by atoms with E-state index in [9.17, 15) is 4.79 Å². The standard InChI is InChI=1S/C13H10Cl3NO2S/c1-19-8-2-4-9(5-3-8)20-11-7-6-10(17-11)12(18)13(14,15)16/h2-7,17H,1H3. The molecular weight excluding hydrogens is 341 g/mol. The van der Waals surface area contributed by atoms with Crippen molar-refractivity contribution in [2.24, 2.45) is 0 Å². The third kappa shape index (κ3) is 3.85. The number of nitrogens with one attached hydrogen (secondary N) is 1. The van der Waals surface area contributed by atoms with Crippen LogP contribution in [0.3, 0.4) is 0 Å². The Morgan fingerprint density at radius 2 is 1.80 bits per heavy atom. The number of ether oxygens (including phenoxy) is 1. The van der Waals surface area contributed by atoms with Crippen LogP contribution in [0.25, 0.3) is 0 Å². The molecule has 0 fully saturated rings. The first-order valence-corrected chi connectivity index (χ1v) is 7.47. The van der Waals surface area contributed by atoms with Crippen molar-refractivity contribution in [2.45, 2.75) is 13.7 Å². The van der Waals surface area contributed by atoms with Crippen molar-refractivity contribution in [1.82, 2.24) is 4.98 Å². The van der Waals surface area contributed by atoms with Crippen molar-refractivity contribution in [2.75, 3.05) is 7.11 Å². The molecule has 1 aromatic heterocycles. The molecule has 2 aromatic rings. The van der Waals surface area contributed by atoms with E-state index in [-0.39, 0.29) is 5.69 Å². The number of ketones is 1. The Labute approximate surface area is 135 Å². The Hall–Kier alpha value is -0.810. The van der Waals surface area contributed by atoms with Gasteiger partial charge in [-0.15, -0.1) is 0 Å². The molecule has 106 valence electrons. The summed E-state index contributed by atoms with van der Waals surface area (Å²) in [5.74, 6) is 0.206. The normalized spacial score (nSPS) is 11.4. The van der Waals surface area contributed by atoms with Gasteiger partial charge in [0.15, 0.2) is 0 Å². The second-order valence-electron chi connectivity index (χ2n) is 3.84. The Morgan fingerprint density at radius 1 is 1.15 bits per heavy atom. The number of hydrogen-bond donors (Lipinski definition) is 1. The highest BCUT2D eigenvalue weighted by Crippen LogP contribution is 2.32. The summed E-state index contributed by atoms with van der Waals surface area (Å²) >= 11 is 18.1. The van der Waals surface area contributed by atoms with Gasteiger partial charge in [-0.2, -0.15) is 0 Å². The fourth-order valence-electron chi connectivity index (χ4n) is 1.49. The number of carbonyl (C=O) groups excluding carboxylic acids is 1. The third-order valence-corrected chi connectivity index (χ3v) is 3.93. The van der Waals surface area contributed by atoms with Crippen molar-refractivity contribution < 1.29 is 9.53 Å². The average Bonchev–Trinajstić information content (AvgIpc) is 2.86. The topological polar surface area (TPSA) is 42.1 Å². The Balaban J connectivity index is 2.11. The van der Waals surface area contributed by atoms with E-state index in [1.807, 2.05) is 24.3 Å². The van der Waals surface area contributed by atoms with Gasteiger partial charge in [-0.05, 0) is 36.4 Å². The molecule has 0 saturated heterocycles. The van der Waals surface area contributed by atoms with E-state index < -0.39 is 9.58 Å². The molecule has 1 aromatic carbocycles. The summed E-state index contributed by atoms with van der Waals surface area (Å²) in [6, 6.07) is 10.9. The van der Waals surface area contributed by atoms with Crippen LogP contribution < -0.4 is 4.74 Å². The minimum atomic E-state index is -1.95. The lowest BCUT2D eigenvalue weighted by atomic mass is 10.3. The quantitative estimate of drug-likeness (QED) is 0.640. The van der Waals surface area contributed by atoms with E-state index >= 15 is 0 Å². The van der Waals surface area contributed by atoms with Gasteiger partial charge in [-0.25, -0.2) is 0 Å². The van der Waals surface area contributed by atoms with Gasteiger partial charge in [-0.3, -0.25) is 4.79 Å². The number of carbonyl (C=O) groups is 1.